The maximum absolute atomic E-state index is 12.7. The number of esters is 1. The van der Waals surface area contributed by atoms with Crippen molar-refractivity contribution in [1.82, 2.24) is 4.72 Å². The highest BCUT2D eigenvalue weighted by molar-refractivity contribution is 7.90. The molecule has 0 heterocycles. The summed E-state index contributed by atoms with van der Waals surface area (Å²) >= 11 is -1.22. The van der Waals surface area contributed by atoms with Crippen LogP contribution in [0.3, 0.4) is 0 Å². The van der Waals surface area contributed by atoms with Crippen LogP contribution < -0.4 is 4.72 Å². The first-order valence-corrected chi connectivity index (χ1v) is 14.3. The molecule has 0 aliphatic rings. The minimum absolute atomic E-state index is 0.101. The molecule has 2 atom stereocenters. The molecule has 0 saturated carbocycles. The fourth-order valence-corrected chi connectivity index (χ4v) is 4.09. The molecule has 0 aliphatic heterocycles. The van der Waals surface area contributed by atoms with Crippen molar-refractivity contribution in [3.05, 3.63) is 35.4 Å². The Bertz CT molecular complexity index is 650. The van der Waals surface area contributed by atoms with Crippen molar-refractivity contribution < 1.29 is 18.5 Å². The fourth-order valence-electron chi connectivity index (χ4n) is 2.26. The second-order valence-electron chi connectivity index (χ2n) is 9.85. The number of benzene rings is 1. The zero-order valence-corrected chi connectivity index (χ0v) is 21.4. The van der Waals surface area contributed by atoms with Crippen LogP contribution in [0.1, 0.15) is 65.6 Å². The van der Waals surface area contributed by atoms with Gasteiger partial charge in [0, 0.05) is 11.4 Å². The van der Waals surface area contributed by atoms with Gasteiger partial charge in [0.1, 0.15) is 4.75 Å². The Labute approximate surface area is 181 Å². The van der Waals surface area contributed by atoms with Gasteiger partial charge in [0.05, 0.1) is 25.7 Å². The highest BCUT2D eigenvalue weighted by Crippen LogP contribution is 2.37. The van der Waals surface area contributed by atoms with Crippen molar-refractivity contribution in [2.75, 3.05) is 13.2 Å². The van der Waals surface area contributed by atoms with E-state index < -0.39 is 19.7 Å². The van der Waals surface area contributed by atoms with Crippen LogP contribution >= 0.6 is 0 Å². The molecule has 1 rings (SSSR count). The van der Waals surface area contributed by atoms with Crippen LogP contribution in [0.25, 0.3) is 0 Å². The molecule has 0 saturated heterocycles. The molecule has 5 nitrogen and oxygen atoms in total. The predicted octanol–water partition coefficient (Wildman–Crippen LogP) is 4.91. The van der Waals surface area contributed by atoms with Crippen LogP contribution in [0.5, 0.6) is 0 Å². The van der Waals surface area contributed by atoms with Gasteiger partial charge in [-0.05, 0) is 57.0 Å². The minimum atomic E-state index is -1.94. The third kappa shape index (κ3) is 8.42. The minimum Gasteiger partial charge on any atom is -0.598 e. The van der Waals surface area contributed by atoms with Gasteiger partial charge in [0.15, 0.2) is 8.32 Å². The molecule has 0 unspecified atom stereocenters. The highest BCUT2D eigenvalue weighted by Gasteiger charge is 2.38. The van der Waals surface area contributed by atoms with Crippen molar-refractivity contribution in [2.45, 2.75) is 83.8 Å². The number of ether oxygens (including phenoxy) is 1. The topological polar surface area (TPSA) is 70.6 Å². The van der Waals surface area contributed by atoms with E-state index >= 15 is 0 Å². The summed E-state index contributed by atoms with van der Waals surface area (Å²) in [7, 11) is -1.94. The van der Waals surface area contributed by atoms with Crippen molar-refractivity contribution in [2.24, 2.45) is 0 Å². The van der Waals surface area contributed by atoms with E-state index in [2.05, 4.69) is 38.6 Å². The standard InChI is InChI=1S/C22H39NO4SSi/c1-10-26-20(24)15-17-11-13-18(14-12-17)19(23-28(25)21(2,3)4)16-27-29(8,9)22(5,6)7/h11-14,19,23H,10,15-16H2,1-9H3/t19-,28+/m1/s1. The van der Waals surface area contributed by atoms with Crippen molar-refractivity contribution in [3.8, 4) is 0 Å². The van der Waals surface area contributed by atoms with Gasteiger partial charge in [-0.25, -0.2) is 0 Å². The first kappa shape index (κ1) is 26.2. The maximum Gasteiger partial charge on any atom is 0.310 e. The zero-order chi connectivity index (χ0) is 22.5. The van der Waals surface area contributed by atoms with Crippen LogP contribution in [0.15, 0.2) is 24.3 Å². The second-order valence-corrected chi connectivity index (χ2v) is 16.7. The second kappa shape index (κ2) is 10.4. The predicted molar refractivity (Wildman–Crippen MR) is 124 cm³/mol. The molecule has 0 fully saturated rings. The number of hydrogen-bond donors (Lipinski definition) is 1. The summed E-state index contributed by atoms with van der Waals surface area (Å²) in [5, 5.41) is 0.101. The molecular weight excluding hydrogens is 402 g/mol. The smallest absolute Gasteiger partial charge is 0.310 e. The van der Waals surface area contributed by atoms with E-state index in [9.17, 15) is 9.35 Å². The van der Waals surface area contributed by atoms with E-state index in [1.807, 2.05) is 45.0 Å². The Balaban J connectivity index is 3.00. The largest absolute Gasteiger partial charge is 0.598 e. The molecule has 0 spiro atoms. The average molecular weight is 442 g/mol. The monoisotopic (exact) mass is 441 g/mol. The summed E-state index contributed by atoms with van der Waals surface area (Å²) in [6.45, 7) is 19.5. The summed E-state index contributed by atoms with van der Waals surface area (Å²) in [6.07, 6.45) is 0.251. The van der Waals surface area contributed by atoms with E-state index in [-0.39, 0.29) is 28.2 Å². The summed E-state index contributed by atoms with van der Waals surface area (Å²) in [6, 6.07) is 7.60. The molecule has 1 aromatic carbocycles. The molecule has 0 amide bonds. The number of hydrogen-bond acceptors (Lipinski definition) is 5. The first-order chi connectivity index (χ1) is 13.2. The van der Waals surface area contributed by atoms with Crippen molar-refractivity contribution in [3.63, 3.8) is 0 Å². The average Bonchev–Trinajstić information content (AvgIpc) is 2.57. The van der Waals surface area contributed by atoms with Gasteiger partial charge in [0.25, 0.3) is 0 Å². The van der Waals surface area contributed by atoms with Gasteiger partial charge >= 0.3 is 5.97 Å². The summed E-state index contributed by atoms with van der Waals surface area (Å²) in [5.41, 5.74) is 1.89. The quantitative estimate of drug-likeness (QED) is 0.335. The van der Waals surface area contributed by atoms with E-state index in [0.717, 1.165) is 11.1 Å². The molecule has 1 N–H and O–H groups in total. The van der Waals surface area contributed by atoms with E-state index in [4.69, 9.17) is 9.16 Å². The maximum atomic E-state index is 12.7. The summed E-state index contributed by atoms with van der Waals surface area (Å²) in [4.78, 5) is 11.7. The summed E-state index contributed by atoms with van der Waals surface area (Å²) in [5.74, 6) is -0.231. The Kier molecular flexibility index (Phi) is 9.42. The first-order valence-electron chi connectivity index (χ1n) is 10.2. The van der Waals surface area contributed by atoms with Gasteiger partial charge in [-0.3, -0.25) is 4.79 Å². The van der Waals surface area contributed by atoms with Crippen molar-refractivity contribution in [1.29, 1.82) is 0 Å². The number of carbonyl (C=O) groups excluding carboxylic acids is 1. The van der Waals surface area contributed by atoms with Crippen LogP contribution in [0, 0.1) is 0 Å². The molecule has 0 radical (unpaired) electrons. The molecular formula is C22H39NO4SSi. The Morgan fingerprint density at radius 1 is 1.14 bits per heavy atom. The highest BCUT2D eigenvalue weighted by atomic mass is 32.2. The van der Waals surface area contributed by atoms with Crippen LogP contribution in [-0.4, -0.2) is 36.8 Å². The van der Waals surface area contributed by atoms with E-state index in [1.54, 1.807) is 6.92 Å². The van der Waals surface area contributed by atoms with Gasteiger partial charge in [-0.15, -0.1) is 4.72 Å². The molecule has 1 aromatic rings. The third-order valence-electron chi connectivity index (χ3n) is 5.26. The SMILES string of the molecule is CCOC(=O)Cc1ccc([C@@H](CO[Si](C)(C)C(C)(C)C)N[S@@+]([O-])C(C)(C)C)cc1. The number of nitrogens with one attached hydrogen (secondary N) is 1. The van der Waals surface area contributed by atoms with Gasteiger partial charge in [-0.1, -0.05) is 45.0 Å². The van der Waals surface area contributed by atoms with E-state index in [0.29, 0.717) is 13.2 Å². The lowest BCUT2D eigenvalue weighted by Crippen LogP contribution is -2.46. The normalized spacial score (nSPS) is 15.1. The molecule has 0 aromatic heterocycles. The lowest BCUT2D eigenvalue weighted by atomic mass is 10.0. The van der Waals surface area contributed by atoms with Crippen molar-refractivity contribution >= 4 is 25.6 Å². The summed E-state index contributed by atoms with van der Waals surface area (Å²) < 4.78 is 27.1. The Morgan fingerprint density at radius 3 is 2.14 bits per heavy atom. The van der Waals surface area contributed by atoms with Crippen LogP contribution in [-0.2, 0) is 31.7 Å². The van der Waals surface area contributed by atoms with Crippen LogP contribution in [0.2, 0.25) is 18.1 Å². The van der Waals surface area contributed by atoms with E-state index in [1.165, 1.54) is 0 Å². The fraction of sp³-hybridized carbons (Fsp3) is 0.682. The molecule has 29 heavy (non-hydrogen) atoms. The number of rotatable bonds is 9. The van der Waals surface area contributed by atoms with Gasteiger partial charge < -0.3 is 13.7 Å². The zero-order valence-electron chi connectivity index (χ0n) is 19.5. The van der Waals surface area contributed by atoms with Crippen LogP contribution in [0.4, 0.5) is 0 Å². The Hall–Kier alpha value is -0.863. The van der Waals surface area contributed by atoms with Gasteiger partial charge in [-0.2, -0.15) is 0 Å². The Morgan fingerprint density at radius 2 is 1.69 bits per heavy atom. The molecule has 0 bridgehead atoms. The molecule has 166 valence electrons. The lowest BCUT2D eigenvalue weighted by Gasteiger charge is -2.37. The number of carbonyl (C=O) groups is 1. The van der Waals surface area contributed by atoms with Gasteiger partial charge in [0.2, 0.25) is 0 Å². The molecule has 7 heteroatoms. The lowest BCUT2D eigenvalue weighted by molar-refractivity contribution is -0.142. The third-order valence-corrected chi connectivity index (χ3v) is 11.4. The molecule has 0 aliphatic carbocycles.